The second kappa shape index (κ2) is 16.0. The van der Waals surface area contributed by atoms with Crippen LogP contribution in [0.5, 0.6) is 0 Å². The van der Waals surface area contributed by atoms with Crippen LogP contribution in [0.4, 0.5) is 68.2 Å². The van der Waals surface area contributed by atoms with E-state index in [-0.39, 0.29) is 6.71 Å². The molecule has 0 spiro atoms. The molecule has 4 nitrogen and oxygen atoms in total. The van der Waals surface area contributed by atoms with Crippen LogP contribution in [0, 0.1) is 0 Å². The minimum absolute atomic E-state index is 0.127. The number of benzene rings is 11. The van der Waals surface area contributed by atoms with Crippen LogP contribution >= 0.6 is 0 Å². The Morgan fingerprint density at radius 1 is 0.254 bits per heavy atom. The molecule has 5 heteroatoms. The molecule has 0 fully saturated rings. The second-order valence-corrected chi connectivity index (χ2v) is 17.2. The second-order valence-electron chi connectivity index (χ2n) is 17.2. The smallest absolute Gasteiger partial charge is 0.253 e. The third kappa shape index (κ3) is 6.24. The van der Waals surface area contributed by atoms with Gasteiger partial charge in [-0.05, 0) is 124 Å². The average molecular weight is 855 g/mol. The largest absolute Gasteiger partial charge is 0.311 e. The summed E-state index contributed by atoms with van der Waals surface area (Å²) in [7, 11) is 0. The Bertz CT molecular complexity index is 3280. The van der Waals surface area contributed by atoms with Gasteiger partial charge in [0.05, 0.1) is 11.4 Å². The predicted molar refractivity (Wildman–Crippen MR) is 285 cm³/mol. The standard InChI is InChI=1S/C62H43BN4/c1-7-24-44(25-8-1)64(45-26-9-2-10-27-45)56-42-58-60(52-38-21-19-36-50(52)56)63-61-53-39-22-20-37-51(53)57(65(46-28-11-3-12-29-46)47-30-13-4-14-31-47)43-59(61)67(49-34-17-6-18-35-49)55-41-23-40-54(62(55)63)66(58)48-32-15-5-16-33-48/h1-43H. The zero-order chi connectivity index (χ0) is 44.3. The number of para-hydroxylation sites is 6. The highest BCUT2D eigenvalue weighted by Crippen LogP contribution is 2.50. The molecule has 2 aliphatic heterocycles. The van der Waals surface area contributed by atoms with Crippen LogP contribution in [0.15, 0.2) is 261 Å². The van der Waals surface area contributed by atoms with Crippen LogP contribution in [0.3, 0.4) is 0 Å². The maximum Gasteiger partial charge on any atom is 0.253 e. The van der Waals surface area contributed by atoms with Crippen LogP contribution in [-0.4, -0.2) is 6.71 Å². The van der Waals surface area contributed by atoms with E-state index in [0.29, 0.717) is 0 Å². The van der Waals surface area contributed by atoms with Gasteiger partial charge in [-0.1, -0.05) is 164 Å². The Labute approximate surface area is 391 Å². The Balaban J connectivity index is 1.18. The van der Waals surface area contributed by atoms with Gasteiger partial charge in [0.15, 0.2) is 0 Å². The van der Waals surface area contributed by atoms with Gasteiger partial charge in [0.1, 0.15) is 0 Å². The molecule has 0 unspecified atom stereocenters. The van der Waals surface area contributed by atoms with Crippen molar-refractivity contribution in [2.45, 2.75) is 0 Å². The van der Waals surface area contributed by atoms with Crippen molar-refractivity contribution in [3.8, 4) is 0 Å². The fraction of sp³-hybridized carbons (Fsp3) is 0. The fourth-order valence-corrected chi connectivity index (χ4v) is 10.9. The van der Waals surface area contributed by atoms with Crippen molar-refractivity contribution >= 4 is 113 Å². The molecular formula is C62H43BN4. The molecule has 0 amide bonds. The van der Waals surface area contributed by atoms with E-state index in [2.05, 4.69) is 280 Å². The molecule has 13 rings (SSSR count). The third-order valence-corrected chi connectivity index (χ3v) is 13.5. The van der Waals surface area contributed by atoms with Gasteiger partial charge in [-0.25, -0.2) is 0 Å². The lowest BCUT2D eigenvalue weighted by atomic mass is 9.32. The van der Waals surface area contributed by atoms with Crippen molar-refractivity contribution in [1.82, 2.24) is 0 Å². The van der Waals surface area contributed by atoms with Gasteiger partial charge in [-0.3, -0.25) is 0 Å². The number of nitrogens with zero attached hydrogens (tertiary/aromatic N) is 4. The van der Waals surface area contributed by atoms with Gasteiger partial charge in [0.2, 0.25) is 0 Å². The Morgan fingerprint density at radius 3 is 0.896 bits per heavy atom. The van der Waals surface area contributed by atoms with E-state index in [9.17, 15) is 0 Å². The summed E-state index contributed by atoms with van der Waals surface area (Å²) in [6.07, 6.45) is 0. The lowest BCUT2D eigenvalue weighted by Gasteiger charge is -2.45. The molecule has 314 valence electrons. The number of anilines is 12. The summed E-state index contributed by atoms with van der Waals surface area (Å²) in [6.45, 7) is -0.127. The molecule has 11 aromatic carbocycles. The summed E-state index contributed by atoms with van der Waals surface area (Å²) in [4.78, 5) is 9.89. The summed E-state index contributed by atoms with van der Waals surface area (Å²) in [5, 5.41) is 4.83. The highest BCUT2D eigenvalue weighted by Gasteiger charge is 2.46. The number of hydrogen-bond acceptors (Lipinski definition) is 4. The van der Waals surface area contributed by atoms with Crippen molar-refractivity contribution in [2.24, 2.45) is 0 Å². The first-order valence-electron chi connectivity index (χ1n) is 23.1. The zero-order valence-corrected chi connectivity index (χ0v) is 36.7. The van der Waals surface area contributed by atoms with E-state index in [1.807, 2.05) is 0 Å². The maximum absolute atomic E-state index is 2.52. The van der Waals surface area contributed by atoms with E-state index in [1.54, 1.807) is 0 Å². The third-order valence-electron chi connectivity index (χ3n) is 13.5. The lowest BCUT2D eigenvalue weighted by molar-refractivity contribution is 1.24. The summed E-state index contributed by atoms with van der Waals surface area (Å²) in [6, 6.07) is 95.0. The summed E-state index contributed by atoms with van der Waals surface area (Å²) >= 11 is 0. The van der Waals surface area contributed by atoms with Crippen molar-refractivity contribution in [1.29, 1.82) is 0 Å². The van der Waals surface area contributed by atoms with Gasteiger partial charge in [0, 0.05) is 67.6 Å². The molecule has 0 aromatic heterocycles. The van der Waals surface area contributed by atoms with Gasteiger partial charge >= 0.3 is 0 Å². The van der Waals surface area contributed by atoms with E-state index in [1.165, 1.54) is 49.3 Å². The highest BCUT2D eigenvalue weighted by molar-refractivity contribution is 7.03. The van der Waals surface area contributed by atoms with E-state index < -0.39 is 0 Å². The number of rotatable bonds is 8. The van der Waals surface area contributed by atoms with E-state index >= 15 is 0 Å². The minimum Gasteiger partial charge on any atom is -0.311 e. The summed E-state index contributed by atoms with van der Waals surface area (Å²) < 4.78 is 0. The van der Waals surface area contributed by atoms with Crippen molar-refractivity contribution in [3.05, 3.63) is 261 Å². The summed E-state index contributed by atoms with van der Waals surface area (Å²) in [5.41, 5.74) is 17.4. The Hall–Kier alpha value is -8.80. The van der Waals surface area contributed by atoms with Crippen LogP contribution in [-0.2, 0) is 0 Å². The highest BCUT2D eigenvalue weighted by atomic mass is 15.2. The number of fused-ring (bicyclic) bond motifs is 8. The fourth-order valence-electron chi connectivity index (χ4n) is 10.9. The first-order valence-corrected chi connectivity index (χ1v) is 23.1. The maximum atomic E-state index is 2.52. The van der Waals surface area contributed by atoms with Gasteiger partial charge < -0.3 is 19.6 Å². The normalized spacial score (nSPS) is 12.4. The van der Waals surface area contributed by atoms with Crippen molar-refractivity contribution in [2.75, 3.05) is 19.6 Å². The molecule has 0 atom stereocenters. The van der Waals surface area contributed by atoms with Crippen LogP contribution in [0.25, 0.3) is 21.5 Å². The lowest BCUT2D eigenvalue weighted by Crippen LogP contribution is -2.61. The van der Waals surface area contributed by atoms with Crippen LogP contribution < -0.4 is 36.0 Å². The zero-order valence-electron chi connectivity index (χ0n) is 36.7. The van der Waals surface area contributed by atoms with Crippen LogP contribution in [0.2, 0.25) is 0 Å². The Kier molecular flexibility index (Phi) is 9.24. The first kappa shape index (κ1) is 38.6. The molecule has 67 heavy (non-hydrogen) atoms. The van der Waals surface area contributed by atoms with Gasteiger partial charge in [-0.2, -0.15) is 0 Å². The first-order chi connectivity index (χ1) is 33.3. The molecule has 0 aliphatic carbocycles. The number of hydrogen-bond donors (Lipinski definition) is 0. The van der Waals surface area contributed by atoms with Crippen LogP contribution in [0.1, 0.15) is 0 Å². The molecule has 0 bridgehead atoms. The predicted octanol–water partition coefficient (Wildman–Crippen LogP) is 15.0. The van der Waals surface area contributed by atoms with Crippen molar-refractivity contribution in [3.63, 3.8) is 0 Å². The molecule has 2 aliphatic rings. The quantitative estimate of drug-likeness (QED) is 0.141. The summed E-state index contributed by atoms with van der Waals surface area (Å²) in [5.74, 6) is 0. The Morgan fingerprint density at radius 2 is 0.552 bits per heavy atom. The molecule has 0 N–H and O–H groups in total. The molecule has 0 saturated carbocycles. The van der Waals surface area contributed by atoms with Crippen molar-refractivity contribution < 1.29 is 0 Å². The molecule has 0 saturated heterocycles. The molecular weight excluding hydrogens is 812 g/mol. The molecule has 11 aromatic rings. The SMILES string of the molecule is c1ccc(N2c3cccc4c3B(c3c2cc(N(c2ccccc2)c2ccccc2)c2ccccc32)c2c(cc(N(c3ccccc3)c3ccccc3)c3ccccc23)N4c2ccccc2)cc1. The topological polar surface area (TPSA) is 13.0 Å². The van der Waals surface area contributed by atoms with E-state index in [4.69, 9.17) is 0 Å². The van der Waals surface area contributed by atoms with Gasteiger partial charge in [-0.15, -0.1) is 0 Å². The average Bonchev–Trinajstić information content (AvgIpc) is 3.40. The van der Waals surface area contributed by atoms with E-state index in [0.717, 1.165) is 56.9 Å². The monoisotopic (exact) mass is 854 g/mol. The molecule has 2 heterocycles. The van der Waals surface area contributed by atoms with Gasteiger partial charge in [0.25, 0.3) is 6.71 Å². The molecule has 0 radical (unpaired) electrons. The minimum atomic E-state index is -0.127.